The Labute approximate surface area is 214 Å². The molecule has 0 aliphatic carbocycles. The lowest BCUT2D eigenvalue weighted by Gasteiger charge is -2.41. The van der Waals surface area contributed by atoms with E-state index >= 15 is 0 Å². The number of hydrogen-bond donors (Lipinski definition) is 5. The number of carbonyl (C=O) groups excluding carboxylic acids is 2. The fourth-order valence-corrected chi connectivity index (χ4v) is 4.46. The molecule has 0 aromatic heterocycles. The second-order valence-electron chi connectivity index (χ2n) is 8.98. The monoisotopic (exact) mass is 526 g/mol. The number of aromatic hydroxyl groups is 2. The van der Waals surface area contributed by atoms with Crippen LogP contribution in [0.3, 0.4) is 0 Å². The molecule has 0 radical (unpaired) electrons. The zero-order valence-electron chi connectivity index (χ0n) is 20.7. The van der Waals surface area contributed by atoms with Gasteiger partial charge in [0.25, 0.3) is 0 Å². The molecule has 1 saturated heterocycles. The molecule has 5 N–H and O–H groups in total. The van der Waals surface area contributed by atoms with E-state index in [0.717, 1.165) is 6.26 Å². The van der Waals surface area contributed by atoms with E-state index in [9.17, 15) is 35.1 Å². The van der Waals surface area contributed by atoms with E-state index in [-0.39, 0.29) is 43.1 Å². The van der Waals surface area contributed by atoms with Gasteiger partial charge in [0.05, 0.1) is 50.8 Å². The number of aliphatic hydroxyl groups is 3. The van der Waals surface area contributed by atoms with Crippen molar-refractivity contribution in [2.75, 3.05) is 20.3 Å². The van der Waals surface area contributed by atoms with Crippen LogP contribution in [-0.4, -0.2) is 88.7 Å². The predicted molar refractivity (Wildman–Crippen MR) is 125 cm³/mol. The number of ether oxygens (including phenoxy) is 5. The first-order chi connectivity index (χ1) is 17.7. The molecular weight excluding hydrogens is 492 g/mol. The Hall–Kier alpha value is -2.90. The zero-order chi connectivity index (χ0) is 27.1. The molecule has 7 atom stereocenters. The van der Waals surface area contributed by atoms with Crippen LogP contribution in [0, 0.1) is 11.8 Å². The Morgan fingerprint density at radius 3 is 2.54 bits per heavy atom. The minimum atomic E-state index is -1.39. The summed E-state index contributed by atoms with van der Waals surface area (Å²) < 4.78 is 27.2. The molecule has 2 aliphatic rings. The molecule has 2 heterocycles. The molecule has 206 valence electrons. The number of phenolic OH excluding ortho intramolecular Hbond substituents is 2. The van der Waals surface area contributed by atoms with Crippen LogP contribution in [0.25, 0.3) is 0 Å². The van der Waals surface area contributed by atoms with Gasteiger partial charge in [-0.1, -0.05) is 13.0 Å². The highest BCUT2D eigenvalue weighted by Gasteiger charge is 2.45. The summed E-state index contributed by atoms with van der Waals surface area (Å²) in [5, 5.41) is 48.8. The minimum Gasteiger partial charge on any atom is -0.504 e. The molecule has 0 bridgehead atoms. The number of phenols is 2. The highest BCUT2D eigenvalue weighted by Crippen LogP contribution is 2.38. The lowest BCUT2D eigenvalue weighted by atomic mass is 9.80. The Morgan fingerprint density at radius 2 is 1.89 bits per heavy atom. The summed E-state index contributed by atoms with van der Waals surface area (Å²) >= 11 is 0. The van der Waals surface area contributed by atoms with Gasteiger partial charge in [0.1, 0.15) is 6.10 Å². The molecule has 1 fully saturated rings. The summed E-state index contributed by atoms with van der Waals surface area (Å²) in [7, 11) is 1.21. The summed E-state index contributed by atoms with van der Waals surface area (Å²) in [5.74, 6) is -3.06. The highest BCUT2D eigenvalue weighted by atomic mass is 16.8. The largest absolute Gasteiger partial charge is 0.504 e. The van der Waals surface area contributed by atoms with Crippen molar-refractivity contribution in [1.29, 1.82) is 0 Å². The summed E-state index contributed by atoms with van der Waals surface area (Å²) in [6, 6.07) is 4.30. The van der Waals surface area contributed by atoms with Gasteiger partial charge >= 0.3 is 11.9 Å². The number of esters is 2. The Morgan fingerprint density at radius 1 is 1.14 bits per heavy atom. The van der Waals surface area contributed by atoms with Gasteiger partial charge in [-0.2, -0.15) is 0 Å². The van der Waals surface area contributed by atoms with E-state index in [1.807, 2.05) is 6.92 Å². The molecule has 1 aromatic carbocycles. The van der Waals surface area contributed by atoms with E-state index in [0.29, 0.717) is 18.4 Å². The van der Waals surface area contributed by atoms with Crippen LogP contribution in [-0.2, 0) is 39.7 Å². The van der Waals surface area contributed by atoms with Gasteiger partial charge in [0.2, 0.25) is 6.29 Å². The fourth-order valence-electron chi connectivity index (χ4n) is 4.46. The Kier molecular flexibility index (Phi) is 10.1. The smallest absolute Gasteiger partial charge is 0.337 e. The minimum absolute atomic E-state index is 0.00278. The second-order valence-corrected chi connectivity index (χ2v) is 8.98. The SMILES string of the molecule is CCC1C(OC2OC(CO)CC(O)[C@@H]2O)OC=C(C(=O)OC)[C@H]1CC(=O)OCCc1ccc(O)c(O)c1. The number of carbonyl (C=O) groups is 2. The number of aliphatic hydroxyl groups excluding tert-OH is 3. The Bertz CT molecular complexity index is 963. The van der Waals surface area contributed by atoms with Crippen molar-refractivity contribution >= 4 is 11.9 Å². The van der Waals surface area contributed by atoms with E-state index in [1.54, 1.807) is 6.07 Å². The van der Waals surface area contributed by atoms with Gasteiger partial charge in [-0.15, -0.1) is 0 Å². The van der Waals surface area contributed by atoms with Gasteiger partial charge in [0.15, 0.2) is 17.8 Å². The first-order valence-corrected chi connectivity index (χ1v) is 12.1. The molecule has 12 heteroatoms. The molecule has 0 saturated carbocycles. The van der Waals surface area contributed by atoms with Gasteiger partial charge in [-0.25, -0.2) is 4.79 Å². The zero-order valence-corrected chi connectivity index (χ0v) is 20.7. The van der Waals surface area contributed by atoms with E-state index < -0.39 is 54.7 Å². The van der Waals surface area contributed by atoms with Crippen LogP contribution in [0.1, 0.15) is 31.7 Å². The first-order valence-electron chi connectivity index (χ1n) is 12.1. The lowest BCUT2D eigenvalue weighted by molar-refractivity contribution is -0.323. The highest BCUT2D eigenvalue weighted by molar-refractivity contribution is 5.89. The summed E-state index contributed by atoms with van der Waals surface area (Å²) in [6.07, 6.45) is -3.98. The van der Waals surface area contributed by atoms with Crippen molar-refractivity contribution in [2.45, 2.75) is 63.5 Å². The van der Waals surface area contributed by atoms with Crippen molar-refractivity contribution in [3.63, 3.8) is 0 Å². The maximum atomic E-state index is 12.7. The summed E-state index contributed by atoms with van der Waals surface area (Å²) in [6.45, 7) is 1.43. The first kappa shape index (κ1) is 28.7. The number of hydrogen-bond acceptors (Lipinski definition) is 12. The third-order valence-electron chi connectivity index (χ3n) is 6.54. The quantitative estimate of drug-likeness (QED) is 0.210. The normalized spacial score (nSPS) is 29.6. The van der Waals surface area contributed by atoms with Crippen LogP contribution >= 0.6 is 0 Å². The molecule has 2 aliphatic heterocycles. The third kappa shape index (κ3) is 7.11. The second kappa shape index (κ2) is 13.1. The van der Waals surface area contributed by atoms with Gasteiger partial charge in [-0.3, -0.25) is 4.79 Å². The van der Waals surface area contributed by atoms with Crippen molar-refractivity contribution in [3.05, 3.63) is 35.6 Å². The van der Waals surface area contributed by atoms with Crippen molar-refractivity contribution in [2.24, 2.45) is 11.8 Å². The van der Waals surface area contributed by atoms with Crippen LogP contribution < -0.4 is 0 Å². The molecule has 12 nitrogen and oxygen atoms in total. The van der Waals surface area contributed by atoms with Crippen molar-refractivity contribution in [3.8, 4) is 11.5 Å². The van der Waals surface area contributed by atoms with Crippen LogP contribution in [0.15, 0.2) is 30.0 Å². The number of methoxy groups -OCH3 is 1. The Balaban J connectivity index is 1.68. The number of rotatable bonds is 10. The van der Waals surface area contributed by atoms with E-state index in [2.05, 4.69) is 0 Å². The number of benzene rings is 1. The predicted octanol–water partition coefficient (Wildman–Crippen LogP) is 0.475. The molecule has 37 heavy (non-hydrogen) atoms. The van der Waals surface area contributed by atoms with E-state index in [4.69, 9.17) is 23.7 Å². The summed E-state index contributed by atoms with van der Waals surface area (Å²) in [5.41, 5.74) is 0.770. The van der Waals surface area contributed by atoms with E-state index in [1.165, 1.54) is 19.2 Å². The van der Waals surface area contributed by atoms with Gasteiger partial charge in [-0.05, 0) is 24.1 Å². The van der Waals surface area contributed by atoms with Crippen LogP contribution in [0.5, 0.6) is 11.5 Å². The molecule has 0 spiro atoms. The lowest BCUT2D eigenvalue weighted by Crippen LogP contribution is -2.53. The van der Waals surface area contributed by atoms with Crippen molar-refractivity contribution in [1.82, 2.24) is 0 Å². The molecular formula is C25H34O12. The third-order valence-corrected chi connectivity index (χ3v) is 6.54. The summed E-state index contributed by atoms with van der Waals surface area (Å²) in [4.78, 5) is 25.1. The topological polar surface area (TPSA) is 181 Å². The van der Waals surface area contributed by atoms with Crippen LogP contribution in [0.2, 0.25) is 0 Å². The average Bonchev–Trinajstić information content (AvgIpc) is 2.88. The van der Waals surface area contributed by atoms with Crippen molar-refractivity contribution < 1.29 is 58.8 Å². The van der Waals surface area contributed by atoms with Gasteiger partial charge < -0.3 is 49.2 Å². The van der Waals surface area contributed by atoms with Crippen LogP contribution in [0.4, 0.5) is 0 Å². The molecule has 3 rings (SSSR count). The maximum absolute atomic E-state index is 12.7. The molecule has 5 unspecified atom stereocenters. The van der Waals surface area contributed by atoms with Gasteiger partial charge in [0, 0.05) is 24.7 Å². The molecule has 0 amide bonds. The standard InChI is InChI=1S/C25H34O12/c1-3-15-16(10-21(30)34-7-6-13-4-5-18(27)19(28)8-13)17(23(32)33-2)12-35-24(15)37-25-22(31)20(29)9-14(11-26)36-25/h4-5,8,12,14-16,20,22,24-29,31H,3,6-7,9-11H2,1-2H3/t14?,15?,16-,20?,22-,24?,25?/m0/s1. The fraction of sp³-hybridized carbons (Fsp3) is 0.600. The maximum Gasteiger partial charge on any atom is 0.337 e. The average molecular weight is 527 g/mol. The molecule has 1 aromatic rings.